The van der Waals surface area contributed by atoms with Crippen molar-refractivity contribution >= 4 is 23.2 Å². The molecule has 5 heteroatoms. The highest BCUT2D eigenvalue weighted by molar-refractivity contribution is 6.34. The summed E-state index contributed by atoms with van der Waals surface area (Å²) in [4.78, 5) is 12.1. The van der Waals surface area contributed by atoms with Gasteiger partial charge < -0.3 is 15.7 Å². The van der Waals surface area contributed by atoms with Crippen molar-refractivity contribution in [3.63, 3.8) is 0 Å². The Balaban J connectivity index is 1.96. The second-order valence-electron chi connectivity index (χ2n) is 5.99. The molecule has 1 aliphatic carbocycles. The number of carbonyl (C=O) groups is 1. The molecule has 0 aromatic heterocycles. The molecule has 0 atom stereocenters. The van der Waals surface area contributed by atoms with Gasteiger partial charge >= 0.3 is 0 Å². The summed E-state index contributed by atoms with van der Waals surface area (Å²) < 4.78 is 0. The summed E-state index contributed by atoms with van der Waals surface area (Å²) >= 11 is 6.19. The molecule has 0 aliphatic heterocycles. The van der Waals surface area contributed by atoms with E-state index in [1.165, 1.54) is 0 Å². The summed E-state index contributed by atoms with van der Waals surface area (Å²) in [6.45, 7) is 4.15. The van der Waals surface area contributed by atoms with Crippen LogP contribution in [0.5, 0.6) is 0 Å². The first-order chi connectivity index (χ1) is 9.96. The molecule has 0 heterocycles. The quantitative estimate of drug-likeness (QED) is 0.783. The van der Waals surface area contributed by atoms with E-state index in [1.807, 2.05) is 26.0 Å². The van der Waals surface area contributed by atoms with Crippen molar-refractivity contribution in [2.24, 2.45) is 0 Å². The molecule has 0 bridgehead atoms. The second-order valence-corrected chi connectivity index (χ2v) is 6.39. The molecule has 3 N–H and O–H groups in total. The fraction of sp³-hybridized carbons (Fsp3) is 0.562. The predicted octanol–water partition coefficient (Wildman–Crippen LogP) is 2.79. The van der Waals surface area contributed by atoms with E-state index in [0.29, 0.717) is 10.7 Å². The van der Waals surface area contributed by atoms with E-state index in [9.17, 15) is 9.90 Å². The summed E-state index contributed by atoms with van der Waals surface area (Å²) in [6, 6.07) is 3.82. The van der Waals surface area contributed by atoms with Crippen molar-refractivity contribution in [3.8, 4) is 0 Å². The molecule has 1 aromatic carbocycles. The first-order valence-corrected chi connectivity index (χ1v) is 7.76. The molecule has 0 spiro atoms. The highest BCUT2D eigenvalue weighted by Gasteiger charge is 2.32. The smallest absolute Gasteiger partial charge is 0.238 e. The minimum Gasteiger partial charge on any atom is -0.394 e. The predicted molar refractivity (Wildman–Crippen MR) is 85.8 cm³/mol. The molecular weight excluding hydrogens is 288 g/mol. The number of aliphatic hydroxyl groups excluding tert-OH is 1. The van der Waals surface area contributed by atoms with Crippen LogP contribution >= 0.6 is 11.6 Å². The third-order valence-electron chi connectivity index (χ3n) is 4.18. The summed E-state index contributed by atoms with van der Waals surface area (Å²) in [7, 11) is 0. The Hall–Kier alpha value is -1.10. The molecule has 0 radical (unpaired) electrons. The van der Waals surface area contributed by atoms with Gasteiger partial charge in [0.15, 0.2) is 0 Å². The van der Waals surface area contributed by atoms with E-state index in [-0.39, 0.29) is 24.6 Å². The van der Waals surface area contributed by atoms with Gasteiger partial charge in [-0.2, -0.15) is 0 Å². The fourth-order valence-corrected chi connectivity index (χ4v) is 3.34. The van der Waals surface area contributed by atoms with Gasteiger partial charge in [-0.15, -0.1) is 0 Å². The number of hydrogen-bond acceptors (Lipinski definition) is 3. The lowest BCUT2D eigenvalue weighted by Gasteiger charge is -2.27. The van der Waals surface area contributed by atoms with Crippen molar-refractivity contribution in [3.05, 3.63) is 28.3 Å². The molecule has 0 unspecified atom stereocenters. The zero-order valence-electron chi connectivity index (χ0n) is 12.6. The number of anilines is 1. The van der Waals surface area contributed by atoms with Gasteiger partial charge in [-0.1, -0.05) is 30.5 Å². The van der Waals surface area contributed by atoms with Crippen LogP contribution in [0.15, 0.2) is 12.1 Å². The zero-order valence-corrected chi connectivity index (χ0v) is 13.4. The van der Waals surface area contributed by atoms with Crippen molar-refractivity contribution < 1.29 is 9.90 Å². The van der Waals surface area contributed by atoms with Crippen LogP contribution in [0.4, 0.5) is 5.69 Å². The van der Waals surface area contributed by atoms with Crippen LogP contribution in [-0.4, -0.2) is 29.7 Å². The third kappa shape index (κ3) is 3.96. The van der Waals surface area contributed by atoms with E-state index in [1.54, 1.807) is 0 Å². The SMILES string of the molecule is Cc1cc(C)c(NC(=O)CNC2(CO)CCCC2)c(Cl)c1. The van der Waals surface area contributed by atoms with Crippen LogP contribution in [0, 0.1) is 13.8 Å². The monoisotopic (exact) mass is 310 g/mol. The number of hydrogen-bond donors (Lipinski definition) is 3. The van der Waals surface area contributed by atoms with Crippen LogP contribution < -0.4 is 10.6 Å². The summed E-state index contributed by atoms with van der Waals surface area (Å²) in [5, 5.41) is 16.1. The summed E-state index contributed by atoms with van der Waals surface area (Å²) in [5.41, 5.74) is 2.40. The molecule has 21 heavy (non-hydrogen) atoms. The minimum absolute atomic E-state index is 0.0740. The van der Waals surface area contributed by atoms with Crippen molar-refractivity contribution in [1.82, 2.24) is 5.32 Å². The Kier molecular flexibility index (Phi) is 5.25. The molecule has 4 nitrogen and oxygen atoms in total. The van der Waals surface area contributed by atoms with Crippen LogP contribution in [0.2, 0.25) is 5.02 Å². The number of amides is 1. The maximum atomic E-state index is 12.1. The number of aliphatic hydroxyl groups is 1. The molecular formula is C16H23ClN2O2. The van der Waals surface area contributed by atoms with Crippen LogP contribution in [0.25, 0.3) is 0 Å². The number of halogens is 1. The zero-order chi connectivity index (χ0) is 15.5. The topological polar surface area (TPSA) is 61.4 Å². The molecule has 1 fully saturated rings. The van der Waals surface area contributed by atoms with Gasteiger partial charge in [0.25, 0.3) is 0 Å². The Labute approximate surface area is 130 Å². The van der Waals surface area contributed by atoms with Gasteiger partial charge in [0.1, 0.15) is 0 Å². The van der Waals surface area contributed by atoms with E-state index >= 15 is 0 Å². The highest BCUT2D eigenvalue weighted by Crippen LogP contribution is 2.29. The molecule has 2 rings (SSSR count). The molecule has 1 saturated carbocycles. The number of carbonyl (C=O) groups excluding carboxylic acids is 1. The standard InChI is InChI=1S/C16H23ClN2O2/c1-11-7-12(2)15(13(17)8-11)19-14(21)9-18-16(10-20)5-3-4-6-16/h7-8,18,20H,3-6,9-10H2,1-2H3,(H,19,21). The normalized spacial score (nSPS) is 17.0. The lowest BCUT2D eigenvalue weighted by Crippen LogP contribution is -2.49. The average Bonchev–Trinajstić information content (AvgIpc) is 2.90. The average molecular weight is 311 g/mol. The van der Waals surface area contributed by atoms with E-state index in [0.717, 1.165) is 36.8 Å². The lowest BCUT2D eigenvalue weighted by molar-refractivity contribution is -0.115. The van der Waals surface area contributed by atoms with Gasteiger partial charge in [-0.3, -0.25) is 4.79 Å². The van der Waals surface area contributed by atoms with Crippen molar-refractivity contribution in [2.45, 2.75) is 45.1 Å². The van der Waals surface area contributed by atoms with Crippen molar-refractivity contribution in [2.75, 3.05) is 18.5 Å². The van der Waals surface area contributed by atoms with E-state index in [2.05, 4.69) is 10.6 Å². The van der Waals surface area contributed by atoms with Gasteiger partial charge in [0, 0.05) is 5.54 Å². The first-order valence-electron chi connectivity index (χ1n) is 7.38. The van der Waals surface area contributed by atoms with Crippen LogP contribution in [-0.2, 0) is 4.79 Å². The second kappa shape index (κ2) is 6.77. The van der Waals surface area contributed by atoms with E-state index in [4.69, 9.17) is 11.6 Å². The van der Waals surface area contributed by atoms with Gasteiger partial charge in [0.2, 0.25) is 5.91 Å². The Morgan fingerprint density at radius 2 is 2.00 bits per heavy atom. The maximum absolute atomic E-state index is 12.1. The molecule has 116 valence electrons. The van der Waals surface area contributed by atoms with Gasteiger partial charge in [0.05, 0.1) is 23.9 Å². The number of rotatable bonds is 5. The Morgan fingerprint density at radius 1 is 1.33 bits per heavy atom. The number of nitrogens with one attached hydrogen (secondary N) is 2. The van der Waals surface area contributed by atoms with Crippen LogP contribution in [0.1, 0.15) is 36.8 Å². The van der Waals surface area contributed by atoms with Crippen LogP contribution in [0.3, 0.4) is 0 Å². The van der Waals surface area contributed by atoms with Crippen molar-refractivity contribution in [1.29, 1.82) is 0 Å². The molecule has 1 aliphatic rings. The lowest BCUT2D eigenvalue weighted by atomic mass is 9.99. The molecule has 1 amide bonds. The number of benzene rings is 1. The highest BCUT2D eigenvalue weighted by atomic mass is 35.5. The third-order valence-corrected chi connectivity index (χ3v) is 4.48. The number of aryl methyl sites for hydroxylation is 2. The maximum Gasteiger partial charge on any atom is 0.238 e. The Morgan fingerprint density at radius 3 is 2.57 bits per heavy atom. The Bertz CT molecular complexity index is 502. The van der Waals surface area contributed by atoms with Gasteiger partial charge in [-0.25, -0.2) is 0 Å². The molecule has 1 aromatic rings. The summed E-state index contributed by atoms with van der Waals surface area (Å²) in [5.74, 6) is -0.136. The van der Waals surface area contributed by atoms with E-state index < -0.39 is 0 Å². The summed E-state index contributed by atoms with van der Waals surface area (Å²) in [6.07, 6.45) is 4.03. The minimum atomic E-state index is -0.288. The largest absolute Gasteiger partial charge is 0.394 e. The molecule has 0 saturated heterocycles. The fourth-order valence-electron chi connectivity index (χ4n) is 2.97. The van der Waals surface area contributed by atoms with Gasteiger partial charge in [-0.05, 0) is 43.9 Å². The first kappa shape index (κ1) is 16.3.